The topological polar surface area (TPSA) is 65.7 Å². The molecule has 1 atom stereocenters. The van der Waals surface area contributed by atoms with Gasteiger partial charge in [-0.15, -0.1) is 24.0 Å². The molecule has 0 saturated carbocycles. The van der Waals surface area contributed by atoms with Crippen LogP contribution < -0.4 is 10.6 Å². The molecule has 2 heterocycles. The molecule has 0 amide bonds. The van der Waals surface area contributed by atoms with E-state index in [0.29, 0.717) is 6.04 Å². The SMILES string of the molecule is CN=C(NCCc1c(C)noc1C)NCC(c1ccccc1)N1CCCC1.I. The van der Waals surface area contributed by atoms with Crippen molar-refractivity contribution in [3.8, 4) is 0 Å². The second-order valence-electron chi connectivity index (χ2n) is 7.10. The van der Waals surface area contributed by atoms with Gasteiger partial charge in [0, 0.05) is 25.7 Å². The Morgan fingerprint density at radius 3 is 2.50 bits per heavy atom. The Labute approximate surface area is 185 Å². The summed E-state index contributed by atoms with van der Waals surface area (Å²) in [5.41, 5.74) is 3.51. The van der Waals surface area contributed by atoms with Gasteiger partial charge in [0.1, 0.15) is 5.76 Å². The Kier molecular flexibility index (Phi) is 9.24. The van der Waals surface area contributed by atoms with Crippen LogP contribution in [0.1, 0.15) is 41.5 Å². The van der Waals surface area contributed by atoms with Crippen LogP contribution in [0.25, 0.3) is 0 Å². The zero-order valence-corrected chi connectivity index (χ0v) is 19.4. The van der Waals surface area contributed by atoms with Crippen LogP contribution in [0.15, 0.2) is 39.8 Å². The van der Waals surface area contributed by atoms with Crippen molar-refractivity contribution >= 4 is 29.9 Å². The number of nitrogens with zero attached hydrogens (tertiary/aromatic N) is 3. The van der Waals surface area contributed by atoms with E-state index in [2.05, 4.69) is 56.0 Å². The molecule has 1 aromatic heterocycles. The van der Waals surface area contributed by atoms with Gasteiger partial charge in [0.05, 0.1) is 11.7 Å². The van der Waals surface area contributed by atoms with Gasteiger partial charge in [-0.25, -0.2) is 0 Å². The molecular formula is C21H32IN5O. The molecular weight excluding hydrogens is 465 g/mol. The predicted molar refractivity (Wildman–Crippen MR) is 124 cm³/mol. The normalized spacial score (nSPS) is 15.9. The van der Waals surface area contributed by atoms with Crippen LogP contribution in [-0.4, -0.2) is 49.2 Å². The van der Waals surface area contributed by atoms with E-state index in [4.69, 9.17) is 4.52 Å². The lowest BCUT2D eigenvalue weighted by Gasteiger charge is -2.29. The van der Waals surface area contributed by atoms with Gasteiger partial charge in [0.15, 0.2) is 5.96 Å². The van der Waals surface area contributed by atoms with Crippen molar-refractivity contribution in [1.82, 2.24) is 20.7 Å². The van der Waals surface area contributed by atoms with Gasteiger partial charge in [-0.05, 0) is 51.8 Å². The standard InChI is InChI=1S/C21H31N5O.HI/c1-16-19(17(2)27-25-16)11-12-23-21(22-3)24-15-20(26-13-7-8-14-26)18-9-5-4-6-10-18;/h4-6,9-10,20H,7-8,11-15H2,1-3H3,(H2,22,23,24);1H. The number of nitrogens with one attached hydrogen (secondary N) is 2. The average Bonchev–Trinajstić information content (AvgIpc) is 3.33. The Hall–Kier alpha value is -1.61. The second-order valence-corrected chi connectivity index (χ2v) is 7.10. The smallest absolute Gasteiger partial charge is 0.191 e. The first-order chi connectivity index (χ1) is 13.2. The quantitative estimate of drug-likeness (QED) is 0.349. The van der Waals surface area contributed by atoms with Crippen LogP contribution in [-0.2, 0) is 6.42 Å². The lowest BCUT2D eigenvalue weighted by molar-refractivity contribution is 0.245. The van der Waals surface area contributed by atoms with Crippen molar-refractivity contribution in [2.45, 2.75) is 39.2 Å². The summed E-state index contributed by atoms with van der Waals surface area (Å²) in [6.07, 6.45) is 3.44. The minimum absolute atomic E-state index is 0. The fraction of sp³-hybridized carbons (Fsp3) is 0.524. The largest absolute Gasteiger partial charge is 0.361 e. The molecule has 2 N–H and O–H groups in total. The lowest BCUT2D eigenvalue weighted by Crippen LogP contribution is -2.43. The first-order valence-corrected chi connectivity index (χ1v) is 9.84. The zero-order valence-electron chi connectivity index (χ0n) is 17.1. The Bertz CT molecular complexity index is 721. The highest BCUT2D eigenvalue weighted by molar-refractivity contribution is 14.0. The third-order valence-electron chi connectivity index (χ3n) is 5.30. The van der Waals surface area contributed by atoms with Crippen molar-refractivity contribution < 1.29 is 4.52 Å². The number of halogens is 1. The first kappa shape index (κ1) is 22.7. The predicted octanol–water partition coefficient (Wildman–Crippen LogP) is 3.45. The number of aryl methyl sites for hydroxylation is 2. The fourth-order valence-electron chi connectivity index (χ4n) is 3.76. The van der Waals surface area contributed by atoms with Gasteiger partial charge in [0.2, 0.25) is 0 Å². The molecule has 1 aliphatic rings. The van der Waals surface area contributed by atoms with Gasteiger partial charge >= 0.3 is 0 Å². The number of benzene rings is 1. The molecule has 7 heteroatoms. The number of aliphatic imine (C=N–C) groups is 1. The van der Waals surface area contributed by atoms with E-state index in [9.17, 15) is 0 Å². The summed E-state index contributed by atoms with van der Waals surface area (Å²) in [6.45, 7) is 7.91. The van der Waals surface area contributed by atoms with Crippen molar-refractivity contribution in [2.75, 3.05) is 33.2 Å². The minimum Gasteiger partial charge on any atom is -0.361 e. The van der Waals surface area contributed by atoms with E-state index < -0.39 is 0 Å². The fourth-order valence-corrected chi connectivity index (χ4v) is 3.76. The van der Waals surface area contributed by atoms with Crippen molar-refractivity contribution in [3.63, 3.8) is 0 Å². The highest BCUT2D eigenvalue weighted by Crippen LogP contribution is 2.24. The number of aromatic nitrogens is 1. The minimum atomic E-state index is 0. The third-order valence-corrected chi connectivity index (χ3v) is 5.30. The maximum atomic E-state index is 5.23. The monoisotopic (exact) mass is 497 g/mol. The van der Waals surface area contributed by atoms with Crippen molar-refractivity contribution in [1.29, 1.82) is 0 Å². The maximum Gasteiger partial charge on any atom is 0.191 e. The first-order valence-electron chi connectivity index (χ1n) is 9.84. The number of hydrogen-bond acceptors (Lipinski definition) is 4. The molecule has 0 bridgehead atoms. The van der Waals surface area contributed by atoms with Crippen molar-refractivity contribution in [3.05, 3.63) is 52.9 Å². The average molecular weight is 497 g/mol. The van der Waals surface area contributed by atoms with Crippen LogP contribution in [0.3, 0.4) is 0 Å². The van der Waals surface area contributed by atoms with Crippen LogP contribution >= 0.6 is 24.0 Å². The van der Waals surface area contributed by atoms with E-state index in [1.165, 1.54) is 37.1 Å². The Morgan fingerprint density at radius 1 is 1.18 bits per heavy atom. The van der Waals surface area contributed by atoms with Gasteiger partial charge < -0.3 is 15.2 Å². The molecule has 154 valence electrons. The van der Waals surface area contributed by atoms with Crippen LogP contribution in [0.4, 0.5) is 0 Å². The molecule has 1 aromatic carbocycles. The number of guanidine groups is 1. The Balaban J connectivity index is 0.00000280. The summed E-state index contributed by atoms with van der Waals surface area (Å²) >= 11 is 0. The summed E-state index contributed by atoms with van der Waals surface area (Å²) in [5, 5.41) is 10.9. The molecule has 1 aliphatic heterocycles. The molecule has 1 saturated heterocycles. The van der Waals surface area contributed by atoms with Gasteiger partial charge in [-0.2, -0.15) is 0 Å². The molecule has 28 heavy (non-hydrogen) atoms. The molecule has 0 radical (unpaired) electrons. The van der Waals surface area contributed by atoms with Gasteiger partial charge in [0.25, 0.3) is 0 Å². The van der Waals surface area contributed by atoms with E-state index in [0.717, 1.165) is 36.9 Å². The van der Waals surface area contributed by atoms with E-state index in [1.54, 1.807) is 0 Å². The highest BCUT2D eigenvalue weighted by Gasteiger charge is 2.23. The van der Waals surface area contributed by atoms with Gasteiger partial charge in [-0.3, -0.25) is 9.89 Å². The zero-order chi connectivity index (χ0) is 19.1. The summed E-state index contributed by atoms with van der Waals surface area (Å²) in [6, 6.07) is 11.1. The molecule has 6 nitrogen and oxygen atoms in total. The van der Waals surface area contributed by atoms with Crippen LogP contribution in [0.5, 0.6) is 0 Å². The van der Waals surface area contributed by atoms with E-state index >= 15 is 0 Å². The summed E-state index contributed by atoms with van der Waals surface area (Å²) in [5.74, 6) is 1.73. The van der Waals surface area contributed by atoms with E-state index in [1.807, 2.05) is 20.9 Å². The summed E-state index contributed by atoms with van der Waals surface area (Å²) in [4.78, 5) is 6.95. The number of rotatable bonds is 7. The third kappa shape index (κ3) is 5.94. The lowest BCUT2D eigenvalue weighted by atomic mass is 10.1. The van der Waals surface area contributed by atoms with Crippen molar-refractivity contribution in [2.24, 2.45) is 4.99 Å². The molecule has 3 rings (SSSR count). The van der Waals surface area contributed by atoms with Crippen LogP contribution in [0.2, 0.25) is 0 Å². The highest BCUT2D eigenvalue weighted by atomic mass is 127. The number of likely N-dealkylation sites (tertiary alicyclic amines) is 1. The molecule has 1 fully saturated rings. The van der Waals surface area contributed by atoms with E-state index in [-0.39, 0.29) is 24.0 Å². The summed E-state index contributed by atoms with van der Waals surface area (Å²) < 4.78 is 5.23. The molecule has 0 spiro atoms. The Morgan fingerprint density at radius 2 is 1.89 bits per heavy atom. The molecule has 2 aromatic rings. The number of hydrogen-bond donors (Lipinski definition) is 2. The second kappa shape index (κ2) is 11.4. The summed E-state index contributed by atoms with van der Waals surface area (Å²) in [7, 11) is 1.82. The molecule has 1 unspecified atom stereocenters. The molecule has 0 aliphatic carbocycles. The van der Waals surface area contributed by atoms with Gasteiger partial charge in [-0.1, -0.05) is 35.5 Å². The van der Waals surface area contributed by atoms with Crippen LogP contribution in [0, 0.1) is 13.8 Å². The maximum absolute atomic E-state index is 5.23.